The number of rotatable bonds is 4. The third kappa shape index (κ3) is 3.29. The zero-order valence-electron chi connectivity index (χ0n) is 15.8. The molecule has 0 aromatic carbocycles. The number of fused-ring (bicyclic) bond motifs is 1. The van der Waals surface area contributed by atoms with E-state index in [4.69, 9.17) is 0 Å². The molecule has 0 bridgehead atoms. The van der Waals surface area contributed by atoms with Gasteiger partial charge in [0.25, 0.3) is 5.56 Å². The first-order valence-corrected chi connectivity index (χ1v) is 10.1. The standard InChI is InChI=1S/C19H23N5O2S/c1-11-10-27-19(20-11)15-5-4-8-23(15)18(26)7-6-14-12(2)21-16-9-17(25)22-24(16)13(14)3/h9-10,15H,4-8H2,1-3H3,(H,22,25). The van der Waals surface area contributed by atoms with Gasteiger partial charge in [0.1, 0.15) is 5.01 Å². The zero-order chi connectivity index (χ0) is 19.1. The SMILES string of the molecule is Cc1csc(C2CCCN2C(=O)CCc2c(C)nc3cc(=O)[nH]n3c2C)n1. The second-order valence-corrected chi connectivity index (χ2v) is 8.04. The number of hydrogen-bond acceptors (Lipinski definition) is 5. The van der Waals surface area contributed by atoms with Crippen LogP contribution in [0.2, 0.25) is 0 Å². The summed E-state index contributed by atoms with van der Waals surface area (Å²) in [6, 6.07) is 1.60. The molecule has 8 heteroatoms. The number of aromatic amines is 1. The normalized spacial score (nSPS) is 17.1. The first-order valence-electron chi connectivity index (χ1n) is 9.23. The number of nitrogens with one attached hydrogen (secondary N) is 1. The Morgan fingerprint density at radius 1 is 1.33 bits per heavy atom. The molecular weight excluding hydrogens is 362 g/mol. The molecular formula is C19H23N5O2S. The highest BCUT2D eigenvalue weighted by Gasteiger charge is 2.31. The second kappa shape index (κ2) is 6.92. The molecule has 3 aromatic rings. The summed E-state index contributed by atoms with van der Waals surface area (Å²) in [5, 5.41) is 5.85. The quantitative estimate of drug-likeness (QED) is 0.748. The fourth-order valence-electron chi connectivity index (χ4n) is 3.94. The van der Waals surface area contributed by atoms with Crippen molar-refractivity contribution in [3.05, 3.63) is 49.5 Å². The Balaban J connectivity index is 1.52. The Morgan fingerprint density at radius 3 is 2.89 bits per heavy atom. The van der Waals surface area contributed by atoms with Crippen molar-refractivity contribution < 1.29 is 4.79 Å². The maximum atomic E-state index is 12.9. The number of amides is 1. The zero-order valence-corrected chi connectivity index (χ0v) is 16.6. The minimum atomic E-state index is -0.170. The van der Waals surface area contributed by atoms with E-state index in [-0.39, 0.29) is 17.5 Å². The van der Waals surface area contributed by atoms with Crippen molar-refractivity contribution in [2.75, 3.05) is 6.54 Å². The van der Waals surface area contributed by atoms with Crippen LogP contribution >= 0.6 is 11.3 Å². The molecule has 4 rings (SSSR count). The summed E-state index contributed by atoms with van der Waals surface area (Å²) in [7, 11) is 0. The number of aromatic nitrogens is 4. The molecule has 1 aliphatic rings. The van der Waals surface area contributed by atoms with E-state index in [1.807, 2.05) is 31.1 Å². The number of hydrogen-bond donors (Lipinski definition) is 1. The van der Waals surface area contributed by atoms with Gasteiger partial charge in [0.05, 0.1) is 6.04 Å². The Bertz CT molecular complexity index is 1060. The molecule has 142 valence electrons. The topological polar surface area (TPSA) is 83.4 Å². The lowest BCUT2D eigenvalue weighted by Crippen LogP contribution is -2.30. The van der Waals surface area contributed by atoms with Gasteiger partial charge in [-0.3, -0.25) is 14.7 Å². The summed E-state index contributed by atoms with van der Waals surface area (Å²) in [5.41, 5.74) is 4.28. The highest BCUT2D eigenvalue weighted by molar-refractivity contribution is 7.09. The minimum Gasteiger partial charge on any atom is -0.333 e. The van der Waals surface area contributed by atoms with Crippen molar-refractivity contribution in [2.45, 2.75) is 52.5 Å². The molecule has 0 saturated carbocycles. The van der Waals surface area contributed by atoms with Crippen molar-refractivity contribution in [2.24, 2.45) is 0 Å². The maximum absolute atomic E-state index is 12.9. The van der Waals surface area contributed by atoms with Crippen LogP contribution in [0.3, 0.4) is 0 Å². The van der Waals surface area contributed by atoms with E-state index in [0.29, 0.717) is 18.5 Å². The molecule has 1 fully saturated rings. The molecule has 3 aromatic heterocycles. The van der Waals surface area contributed by atoms with Crippen LogP contribution in [-0.4, -0.2) is 36.9 Å². The average molecular weight is 385 g/mol. The summed E-state index contributed by atoms with van der Waals surface area (Å²) >= 11 is 1.64. The monoisotopic (exact) mass is 385 g/mol. The predicted molar refractivity (Wildman–Crippen MR) is 104 cm³/mol. The number of carbonyl (C=O) groups is 1. The van der Waals surface area contributed by atoms with E-state index in [1.165, 1.54) is 6.07 Å². The molecule has 1 unspecified atom stereocenters. The van der Waals surface area contributed by atoms with Crippen molar-refractivity contribution in [1.29, 1.82) is 0 Å². The highest BCUT2D eigenvalue weighted by Crippen LogP contribution is 2.34. The third-order valence-corrected chi connectivity index (χ3v) is 6.35. The van der Waals surface area contributed by atoms with Gasteiger partial charge in [-0.25, -0.2) is 14.5 Å². The first-order chi connectivity index (χ1) is 12.9. The van der Waals surface area contributed by atoms with Crippen molar-refractivity contribution in [1.82, 2.24) is 24.5 Å². The van der Waals surface area contributed by atoms with Gasteiger partial charge >= 0.3 is 0 Å². The molecule has 4 heterocycles. The molecule has 0 aliphatic carbocycles. The van der Waals surface area contributed by atoms with E-state index < -0.39 is 0 Å². The fraction of sp³-hybridized carbons (Fsp3) is 0.474. The van der Waals surface area contributed by atoms with Gasteiger partial charge in [-0.2, -0.15) is 0 Å². The lowest BCUT2D eigenvalue weighted by Gasteiger charge is -2.23. The number of carbonyl (C=O) groups excluding carboxylic acids is 1. The summed E-state index contributed by atoms with van der Waals surface area (Å²) in [6.07, 6.45) is 3.04. The summed E-state index contributed by atoms with van der Waals surface area (Å²) in [5.74, 6) is 0.158. The highest BCUT2D eigenvalue weighted by atomic mass is 32.1. The third-order valence-electron chi connectivity index (χ3n) is 5.29. The predicted octanol–water partition coefficient (Wildman–Crippen LogP) is 2.70. The Hall–Kier alpha value is -2.48. The molecule has 1 aliphatic heterocycles. The van der Waals surface area contributed by atoms with Crippen molar-refractivity contribution in [3.8, 4) is 0 Å². The van der Waals surface area contributed by atoms with Gasteiger partial charge in [0.2, 0.25) is 5.91 Å². The number of aryl methyl sites for hydroxylation is 3. The smallest absolute Gasteiger partial charge is 0.266 e. The number of nitrogens with zero attached hydrogens (tertiary/aromatic N) is 4. The van der Waals surface area contributed by atoms with Gasteiger partial charge in [-0.1, -0.05) is 0 Å². The van der Waals surface area contributed by atoms with Crippen LogP contribution in [0.5, 0.6) is 0 Å². The lowest BCUT2D eigenvalue weighted by atomic mass is 10.1. The van der Waals surface area contributed by atoms with Gasteiger partial charge in [0, 0.05) is 41.5 Å². The molecule has 1 amide bonds. The van der Waals surface area contributed by atoms with Crippen LogP contribution in [0, 0.1) is 20.8 Å². The van der Waals surface area contributed by atoms with Gasteiger partial charge in [-0.05, 0) is 45.6 Å². The molecule has 0 radical (unpaired) electrons. The van der Waals surface area contributed by atoms with Crippen LogP contribution in [-0.2, 0) is 11.2 Å². The van der Waals surface area contributed by atoms with Crippen molar-refractivity contribution in [3.63, 3.8) is 0 Å². The van der Waals surface area contributed by atoms with E-state index >= 15 is 0 Å². The second-order valence-electron chi connectivity index (χ2n) is 7.15. The molecule has 27 heavy (non-hydrogen) atoms. The van der Waals surface area contributed by atoms with Crippen LogP contribution in [0.4, 0.5) is 0 Å². The van der Waals surface area contributed by atoms with Crippen LogP contribution in [0.1, 0.15) is 53.0 Å². The van der Waals surface area contributed by atoms with Gasteiger partial charge < -0.3 is 4.90 Å². The molecule has 0 spiro atoms. The lowest BCUT2D eigenvalue weighted by molar-refractivity contribution is -0.132. The largest absolute Gasteiger partial charge is 0.333 e. The van der Waals surface area contributed by atoms with Crippen LogP contribution in [0.25, 0.3) is 5.65 Å². The van der Waals surface area contributed by atoms with Crippen LogP contribution in [0.15, 0.2) is 16.2 Å². The summed E-state index contributed by atoms with van der Waals surface area (Å²) < 4.78 is 1.70. The number of thiazole rings is 1. The molecule has 1 saturated heterocycles. The van der Waals surface area contributed by atoms with E-state index in [0.717, 1.165) is 47.0 Å². The molecule has 1 N–H and O–H groups in total. The summed E-state index contributed by atoms with van der Waals surface area (Å²) in [6.45, 7) is 6.67. The Labute approximate surface area is 161 Å². The average Bonchev–Trinajstić information content (AvgIpc) is 3.33. The first kappa shape index (κ1) is 17.9. The van der Waals surface area contributed by atoms with Gasteiger partial charge in [0.15, 0.2) is 5.65 Å². The maximum Gasteiger partial charge on any atom is 0.266 e. The summed E-state index contributed by atoms with van der Waals surface area (Å²) in [4.78, 5) is 35.6. The fourth-order valence-corrected chi connectivity index (χ4v) is 4.88. The molecule has 1 atom stereocenters. The minimum absolute atomic E-state index is 0.111. The van der Waals surface area contributed by atoms with Crippen LogP contribution < -0.4 is 5.56 Å². The van der Waals surface area contributed by atoms with Crippen molar-refractivity contribution >= 4 is 22.9 Å². The van der Waals surface area contributed by atoms with E-state index in [1.54, 1.807) is 15.9 Å². The molecule has 7 nitrogen and oxygen atoms in total. The Kier molecular flexibility index (Phi) is 4.59. The Morgan fingerprint density at radius 2 is 2.15 bits per heavy atom. The van der Waals surface area contributed by atoms with E-state index in [9.17, 15) is 9.59 Å². The number of H-pyrrole nitrogens is 1. The number of likely N-dealkylation sites (tertiary alicyclic amines) is 1. The van der Waals surface area contributed by atoms with E-state index in [2.05, 4.69) is 15.1 Å². The van der Waals surface area contributed by atoms with Gasteiger partial charge in [-0.15, -0.1) is 11.3 Å².